The minimum Gasteiger partial charge on any atom is -0.340 e. The Bertz CT molecular complexity index is 500. The van der Waals surface area contributed by atoms with E-state index in [0.717, 1.165) is 58.7 Å². The minimum atomic E-state index is 0. The van der Waals surface area contributed by atoms with Gasteiger partial charge in [0.15, 0.2) is 0 Å². The highest BCUT2D eigenvalue weighted by Crippen LogP contribution is 2.16. The highest BCUT2D eigenvalue weighted by atomic mass is 35.5. The van der Waals surface area contributed by atoms with Crippen molar-refractivity contribution in [2.24, 2.45) is 13.0 Å². The third kappa shape index (κ3) is 7.31. The molecule has 1 N–H and O–H groups in total. The maximum atomic E-state index is 12.3. The maximum Gasteiger partial charge on any atom is 0.222 e. The van der Waals surface area contributed by atoms with Crippen molar-refractivity contribution in [2.75, 3.05) is 39.3 Å². The summed E-state index contributed by atoms with van der Waals surface area (Å²) in [6, 6.07) is 0. The zero-order chi connectivity index (χ0) is 15.4. The van der Waals surface area contributed by atoms with Gasteiger partial charge in [0.1, 0.15) is 0 Å². The van der Waals surface area contributed by atoms with Crippen LogP contribution in [0.25, 0.3) is 0 Å². The summed E-state index contributed by atoms with van der Waals surface area (Å²) in [6.45, 7) is 6.79. The van der Waals surface area contributed by atoms with Gasteiger partial charge in [0, 0.05) is 58.0 Å². The molecular weight excluding hydrogens is 385 g/mol. The average molecular weight is 415 g/mol. The molecule has 2 saturated heterocycles. The highest BCUT2D eigenvalue weighted by Gasteiger charge is 2.22. The number of aromatic nitrogens is 2. The van der Waals surface area contributed by atoms with Crippen LogP contribution in [-0.2, 0) is 18.4 Å². The Balaban J connectivity index is 0.00000192. The lowest BCUT2D eigenvalue weighted by Crippen LogP contribution is -2.48. The van der Waals surface area contributed by atoms with Crippen molar-refractivity contribution in [3.8, 4) is 0 Å². The molecule has 1 unspecified atom stereocenters. The second-order valence-corrected chi connectivity index (χ2v) is 6.58. The lowest BCUT2D eigenvalue weighted by Gasteiger charge is -2.34. The lowest BCUT2D eigenvalue weighted by molar-refractivity contribution is -0.133. The van der Waals surface area contributed by atoms with Gasteiger partial charge in [-0.3, -0.25) is 14.4 Å². The first-order valence-electron chi connectivity index (χ1n) is 8.39. The van der Waals surface area contributed by atoms with Gasteiger partial charge in [-0.2, -0.15) is 5.10 Å². The van der Waals surface area contributed by atoms with Gasteiger partial charge in [0.05, 0.1) is 6.20 Å². The number of hydrogen-bond acceptors (Lipinski definition) is 4. The number of amides is 1. The molecule has 2 aliphatic rings. The van der Waals surface area contributed by atoms with Crippen molar-refractivity contribution in [1.82, 2.24) is 24.9 Å². The summed E-state index contributed by atoms with van der Waals surface area (Å²) in [6.07, 6.45) is 6.98. The molecule has 1 aromatic rings. The van der Waals surface area contributed by atoms with Crippen LogP contribution in [0.15, 0.2) is 12.4 Å². The molecule has 25 heavy (non-hydrogen) atoms. The highest BCUT2D eigenvalue weighted by molar-refractivity contribution is 5.86. The molecule has 1 amide bonds. The first kappa shape index (κ1) is 24.5. The topological polar surface area (TPSA) is 53.4 Å². The predicted molar refractivity (Wildman–Crippen MR) is 107 cm³/mol. The van der Waals surface area contributed by atoms with Crippen LogP contribution >= 0.6 is 37.2 Å². The molecule has 146 valence electrons. The first-order chi connectivity index (χ1) is 10.7. The molecule has 0 spiro atoms. The van der Waals surface area contributed by atoms with Gasteiger partial charge < -0.3 is 10.2 Å². The summed E-state index contributed by atoms with van der Waals surface area (Å²) in [5.41, 5.74) is 1.25. The number of nitrogens with one attached hydrogen (secondary N) is 1. The Hall–Kier alpha value is -0.530. The van der Waals surface area contributed by atoms with Crippen molar-refractivity contribution in [2.45, 2.75) is 25.8 Å². The minimum absolute atomic E-state index is 0. The Morgan fingerprint density at radius 2 is 1.96 bits per heavy atom. The van der Waals surface area contributed by atoms with Gasteiger partial charge in [-0.1, -0.05) is 0 Å². The summed E-state index contributed by atoms with van der Waals surface area (Å²) >= 11 is 0. The molecule has 1 atom stereocenters. The molecule has 2 aliphatic heterocycles. The van der Waals surface area contributed by atoms with Crippen molar-refractivity contribution in [1.29, 1.82) is 0 Å². The van der Waals surface area contributed by atoms with Gasteiger partial charge in [0.25, 0.3) is 0 Å². The number of piperazine rings is 1. The molecule has 1 aromatic heterocycles. The van der Waals surface area contributed by atoms with E-state index < -0.39 is 0 Å². The maximum absolute atomic E-state index is 12.3. The van der Waals surface area contributed by atoms with Crippen LogP contribution in [0, 0.1) is 5.92 Å². The van der Waals surface area contributed by atoms with E-state index in [9.17, 15) is 4.79 Å². The first-order valence-corrected chi connectivity index (χ1v) is 8.39. The molecule has 3 heterocycles. The molecule has 2 fully saturated rings. The van der Waals surface area contributed by atoms with Crippen LogP contribution in [0.2, 0.25) is 0 Å². The Morgan fingerprint density at radius 1 is 1.24 bits per heavy atom. The van der Waals surface area contributed by atoms with Gasteiger partial charge in [0.2, 0.25) is 5.91 Å². The Labute approximate surface area is 168 Å². The van der Waals surface area contributed by atoms with Gasteiger partial charge in [-0.05, 0) is 31.8 Å². The molecule has 0 saturated carbocycles. The van der Waals surface area contributed by atoms with Crippen LogP contribution in [0.3, 0.4) is 0 Å². The molecule has 0 aliphatic carbocycles. The van der Waals surface area contributed by atoms with E-state index in [1.54, 1.807) is 0 Å². The van der Waals surface area contributed by atoms with Gasteiger partial charge in [-0.15, -0.1) is 37.2 Å². The number of carbonyl (C=O) groups is 1. The second kappa shape index (κ2) is 12.0. The number of rotatable bonds is 5. The fourth-order valence-corrected chi connectivity index (χ4v) is 3.41. The Kier molecular flexibility index (Phi) is 11.7. The van der Waals surface area contributed by atoms with Gasteiger partial charge >= 0.3 is 0 Å². The monoisotopic (exact) mass is 413 g/mol. The quantitative estimate of drug-likeness (QED) is 0.797. The van der Waals surface area contributed by atoms with E-state index in [0.29, 0.717) is 11.8 Å². The third-order valence-corrected chi connectivity index (χ3v) is 4.82. The second-order valence-electron chi connectivity index (χ2n) is 6.58. The molecule has 9 heteroatoms. The molecule has 0 aromatic carbocycles. The SMILES string of the molecule is Cl.Cl.Cl.Cn1cc(CN2CCN(C(=O)CCC3CCNC3)CC2)cn1. The van der Waals surface area contributed by atoms with Crippen LogP contribution in [0.4, 0.5) is 0 Å². The lowest BCUT2D eigenvalue weighted by atomic mass is 10.0. The van der Waals surface area contributed by atoms with E-state index in [1.807, 2.05) is 22.8 Å². The largest absolute Gasteiger partial charge is 0.340 e. The summed E-state index contributed by atoms with van der Waals surface area (Å²) in [5.74, 6) is 1.05. The van der Waals surface area contributed by atoms with Crippen LogP contribution in [0.1, 0.15) is 24.8 Å². The van der Waals surface area contributed by atoms with E-state index >= 15 is 0 Å². The van der Waals surface area contributed by atoms with E-state index in [2.05, 4.69) is 21.5 Å². The number of aryl methyl sites for hydroxylation is 1. The Morgan fingerprint density at radius 3 is 2.52 bits per heavy atom. The summed E-state index contributed by atoms with van der Waals surface area (Å²) in [4.78, 5) is 16.7. The third-order valence-electron chi connectivity index (χ3n) is 4.82. The standard InChI is InChI=1S/C16H27N5O.3ClH/c1-19-12-15(11-18-19)13-20-6-8-21(9-7-20)16(22)3-2-14-4-5-17-10-14;;;/h11-12,14,17H,2-10,13H2,1H3;3*1H. The predicted octanol–water partition coefficient (Wildman–Crippen LogP) is 1.72. The zero-order valence-corrected chi connectivity index (χ0v) is 17.2. The van der Waals surface area contributed by atoms with Gasteiger partial charge in [-0.25, -0.2) is 0 Å². The van der Waals surface area contributed by atoms with Crippen molar-refractivity contribution >= 4 is 43.1 Å². The number of halogens is 3. The molecule has 0 radical (unpaired) electrons. The van der Waals surface area contributed by atoms with E-state index in [4.69, 9.17) is 0 Å². The molecule has 0 bridgehead atoms. The number of carbonyl (C=O) groups excluding carboxylic acids is 1. The summed E-state index contributed by atoms with van der Waals surface area (Å²) in [7, 11) is 1.94. The van der Waals surface area contributed by atoms with Crippen LogP contribution < -0.4 is 5.32 Å². The van der Waals surface area contributed by atoms with E-state index in [-0.39, 0.29) is 37.2 Å². The summed E-state index contributed by atoms with van der Waals surface area (Å²) in [5, 5.41) is 7.58. The van der Waals surface area contributed by atoms with Crippen LogP contribution in [-0.4, -0.2) is 64.8 Å². The normalized spacial score (nSPS) is 20.4. The number of hydrogen-bond donors (Lipinski definition) is 1. The summed E-state index contributed by atoms with van der Waals surface area (Å²) < 4.78 is 1.84. The fourth-order valence-electron chi connectivity index (χ4n) is 3.41. The van der Waals surface area contributed by atoms with E-state index in [1.165, 1.54) is 12.0 Å². The van der Waals surface area contributed by atoms with Crippen LogP contribution in [0.5, 0.6) is 0 Å². The molecular formula is C16H30Cl3N5O. The smallest absolute Gasteiger partial charge is 0.222 e. The molecule has 6 nitrogen and oxygen atoms in total. The zero-order valence-electron chi connectivity index (χ0n) is 14.7. The number of nitrogens with zero attached hydrogens (tertiary/aromatic N) is 4. The fraction of sp³-hybridized carbons (Fsp3) is 0.750. The average Bonchev–Trinajstić information content (AvgIpc) is 3.17. The van der Waals surface area contributed by atoms with Crippen molar-refractivity contribution < 1.29 is 4.79 Å². The van der Waals surface area contributed by atoms with Crippen molar-refractivity contribution in [3.63, 3.8) is 0 Å². The molecule has 3 rings (SSSR count). The van der Waals surface area contributed by atoms with Crippen molar-refractivity contribution in [3.05, 3.63) is 18.0 Å².